The molecule has 620 valence electrons. The first-order chi connectivity index (χ1) is 51.1. The Morgan fingerprint density at radius 1 is 0.435 bits per heavy atom. The average Bonchev–Trinajstić information content (AvgIpc) is 0.855. The molecule has 0 unspecified atom stereocenters. The number of ether oxygens (including phenoxy) is 1. The lowest BCUT2D eigenvalue weighted by Gasteiger charge is -2.36. The van der Waals surface area contributed by atoms with E-state index >= 15 is 0 Å². The third-order valence-electron chi connectivity index (χ3n) is 22.1. The van der Waals surface area contributed by atoms with Gasteiger partial charge < -0.3 is 48.8 Å². The van der Waals surface area contributed by atoms with Crippen LogP contribution in [0.5, 0.6) is 0 Å². The van der Waals surface area contributed by atoms with Crippen LogP contribution in [0.1, 0.15) is 307 Å². The highest BCUT2D eigenvalue weighted by Gasteiger charge is 2.39. The number of aliphatic hydroxyl groups excluding tert-OH is 3. The number of carbonyl (C=O) groups excluding carboxylic acids is 5. The van der Waals surface area contributed by atoms with E-state index in [1.54, 1.807) is 36.4 Å². The fourth-order valence-corrected chi connectivity index (χ4v) is 14.4. The molecule has 3 aromatic rings. The van der Waals surface area contributed by atoms with Gasteiger partial charge in [0.2, 0.25) is 0 Å². The van der Waals surface area contributed by atoms with Gasteiger partial charge in [-0.15, -0.1) is 0 Å². The van der Waals surface area contributed by atoms with Crippen LogP contribution < -0.4 is 16.0 Å². The third-order valence-corrected chi connectivity index (χ3v) is 35.7. The highest BCUT2D eigenvalue weighted by Crippen LogP contribution is 2.39. The van der Waals surface area contributed by atoms with Crippen LogP contribution in [0.25, 0.3) is 0 Å². The number of nitrogens with one attached hydrogen (secondary N) is 3. The molecule has 0 aliphatic heterocycles. The van der Waals surface area contributed by atoms with Crippen molar-refractivity contribution in [1.29, 1.82) is 0 Å². The summed E-state index contributed by atoms with van der Waals surface area (Å²) in [6.07, 6.45) is 40.9. The molecule has 0 fully saturated rings. The van der Waals surface area contributed by atoms with Gasteiger partial charge in [-0.25, -0.2) is 0 Å². The second kappa shape index (κ2) is 60.4. The molecule has 0 bridgehead atoms. The van der Waals surface area contributed by atoms with Crippen molar-refractivity contribution < 1.29 is 57.3 Å². The molecule has 108 heavy (non-hydrogen) atoms. The Kier molecular flexibility index (Phi) is 58.1. The van der Waals surface area contributed by atoms with Gasteiger partial charge in [-0.2, -0.15) is 0 Å². The fraction of sp³-hybridized carbons (Fsp3) is 0.722. The molecule has 0 aliphatic carbocycles. The van der Waals surface area contributed by atoms with E-state index in [-0.39, 0.29) is 76.6 Å². The van der Waals surface area contributed by atoms with Crippen molar-refractivity contribution in [3.05, 3.63) is 120 Å². The van der Waals surface area contributed by atoms with Crippen molar-refractivity contribution in [2.45, 2.75) is 360 Å². The summed E-state index contributed by atoms with van der Waals surface area (Å²) in [7, 11) is -4.01. The summed E-state index contributed by atoms with van der Waals surface area (Å²) in [6.45, 7) is 42.6. The molecule has 0 saturated carbocycles. The summed E-state index contributed by atoms with van der Waals surface area (Å²) in [5.74, 6) is -0.387. The van der Waals surface area contributed by atoms with Gasteiger partial charge in [0, 0.05) is 49.2 Å². The minimum absolute atomic E-state index is 0.0113. The van der Waals surface area contributed by atoms with E-state index in [2.05, 4.69) is 148 Å². The van der Waals surface area contributed by atoms with E-state index in [1.165, 1.54) is 155 Å². The number of methoxy groups -OCH3 is 1. The largest absolute Gasteiger partial charge is 0.468 e. The summed E-state index contributed by atoms with van der Waals surface area (Å²) in [6, 6.07) is 26.6. The van der Waals surface area contributed by atoms with E-state index in [0.29, 0.717) is 43.7 Å². The van der Waals surface area contributed by atoms with Crippen molar-refractivity contribution in [2.24, 2.45) is 5.92 Å². The highest BCUT2D eigenvalue weighted by molar-refractivity contribution is 6.74. The van der Waals surface area contributed by atoms with Crippen molar-refractivity contribution in [1.82, 2.24) is 16.0 Å². The maximum Gasteiger partial charge on any atom is 0.322 e. The van der Waals surface area contributed by atoms with Crippen LogP contribution in [0.15, 0.2) is 103 Å². The Morgan fingerprint density at radius 3 is 1.08 bits per heavy atom. The molecule has 0 spiro atoms. The molecule has 3 rings (SSSR count). The van der Waals surface area contributed by atoms with Crippen molar-refractivity contribution >= 4 is 54.6 Å². The SMILES string of the molecule is CC(C)(C)[Si](C)(C)OCC[C@@H](C=O)NCC(=O)c1ccccc1.CCCCCCCCCCCCCC/C=C/[C@H](CCO[Si](C)(C)C(C)(C)C)NCC(=O)c1ccccc1.CCCCCCCCCCCCCC[C@@H](O)[C@@H](O)[C@@H](C)CCO[Si](C)(C)C(C)(C)C.COC(=O)[C@H](CCO)NCC(=O)c1ccccc1. The predicted molar refractivity (Wildman–Crippen MR) is 462 cm³/mol. The van der Waals surface area contributed by atoms with Crippen LogP contribution in [0.3, 0.4) is 0 Å². The minimum atomic E-state index is -1.79. The van der Waals surface area contributed by atoms with Gasteiger partial charge in [-0.3, -0.25) is 24.5 Å². The van der Waals surface area contributed by atoms with Crippen LogP contribution in [0.2, 0.25) is 54.4 Å². The summed E-state index contributed by atoms with van der Waals surface area (Å²) < 4.78 is 23.3. The minimum Gasteiger partial charge on any atom is -0.468 e. The van der Waals surface area contributed by atoms with Gasteiger partial charge in [-0.1, -0.05) is 334 Å². The molecular formula is C90H161N3O12Si3. The average molecular weight is 1560 g/mol. The summed E-state index contributed by atoms with van der Waals surface area (Å²) in [4.78, 5) is 59.0. The van der Waals surface area contributed by atoms with Crippen LogP contribution in [-0.2, 0) is 27.6 Å². The predicted octanol–water partition coefficient (Wildman–Crippen LogP) is 21.6. The number of ketones is 3. The Balaban J connectivity index is 0.00000146. The topological polar surface area (TPSA) is 219 Å². The van der Waals surface area contributed by atoms with Gasteiger partial charge in [0.25, 0.3) is 0 Å². The number of Topliss-reactive ketones (excluding diaryl/α,β-unsaturated/α-hetero) is 3. The zero-order chi connectivity index (χ0) is 81.3. The molecule has 0 radical (unpaired) electrons. The lowest BCUT2D eigenvalue weighted by Crippen LogP contribution is -2.42. The second-order valence-electron chi connectivity index (χ2n) is 34.5. The number of aldehydes is 1. The monoisotopic (exact) mass is 1560 g/mol. The first kappa shape index (κ1) is 104. The van der Waals surface area contributed by atoms with Crippen molar-refractivity contribution in [3.8, 4) is 0 Å². The quantitative estimate of drug-likeness (QED) is 0.00773. The molecule has 3 aromatic carbocycles. The van der Waals surface area contributed by atoms with Gasteiger partial charge in [0.15, 0.2) is 42.3 Å². The van der Waals surface area contributed by atoms with Crippen molar-refractivity contribution in [2.75, 3.05) is 53.2 Å². The molecule has 0 heterocycles. The lowest BCUT2D eigenvalue weighted by atomic mass is 9.93. The number of benzene rings is 3. The van der Waals surface area contributed by atoms with Gasteiger partial charge in [0.05, 0.1) is 45.0 Å². The van der Waals surface area contributed by atoms with E-state index < -0.39 is 49.2 Å². The molecule has 0 amide bonds. The van der Waals surface area contributed by atoms with E-state index in [0.717, 1.165) is 44.1 Å². The molecular weight excluding hydrogens is 1400 g/mol. The fourth-order valence-electron chi connectivity index (χ4n) is 11.2. The first-order valence-electron chi connectivity index (χ1n) is 42.1. The van der Waals surface area contributed by atoms with Crippen LogP contribution in [-0.4, -0.2) is 153 Å². The molecule has 0 aromatic heterocycles. The Labute approximate surface area is 663 Å². The first-order valence-corrected chi connectivity index (χ1v) is 50.8. The van der Waals surface area contributed by atoms with Gasteiger partial charge >= 0.3 is 5.97 Å². The van der Waals surface area contributed by atoms with E-state index in [9.17, 15) is 34.2 Å². The number of aliphatic hydroxyl groups is 3. The van der Waals surface area contributed by atoms with Crippen LogP contribution in [0, 0.1) is 5.92 Å². The molecule has 6 atom stereocenters. The van der Waals surface area contributed by atoms with Crippen molar-refractivity contribution in [3.63, 3.8) is 0 Å². The van der Waals surface area contributed by atoms with Gasteiger partial charge in [0.1, 0.15) is 12.3 Å². The van der Waals surface area contributed by atoms with Gasteiger partial charge in [-0.05, 0) is 105 Å². The molecule has 6 N–H and O–H groups in total. The third kappa shape index (κ3) is 50.1. The second-order valence-corrected chi connectivity index (χ2v) is 48.9. The standard InChI is InChI=1S/C33H59NO2Si.C26H56O3Si.C18H29NO3Si.C13H17NO4/c1-7-8-9-10-11-12-13-14-15-16-17-18-19-23-26-31(27-28-36-37(5,6)33(2,3)4)34-29-32(35)30-24-21-20-22-25-30;1-8-9-10-11-12-13-14-15-16-17-18-19-20-24(27)25(28)23(2)21-22-29-30(6,7)26(3,4)5;1-18(2,3)23(4,5)22-12-11-16(14-20)19-13-17(21)15-9-7-6-8-10-15;1-18-13(17)11(7-8-15)14-9-12(16)10-5-3-2-4-6-10/h20-26,31,34H,7-19,27-29H2,1-6H3;23-25,27-28H,8-22H2,1-7H3;6-10,14,16,19H,11-13H2,1-5H3;2-6,11,14-15H,7-9H2,1H3/b26-23+;;;/t31-;23-,24+,25-;16-;11-/m1000/s1. The number of esters is 1. The molecule has 18 heteroatoms. The van der Waals surface area contributed by atoms with E-state index in [1.807, 2.05) is 61.5 Å². The summed E-state index contributed by atoms with van der Waals surface area (Å²) in [5.41, 5.74) is 2.01. The normalized spacial score (nSPS) is 13.9. The molecule has 15 nitrogen and oxygen atoms in total. The zero-order valence-electron chi connectivity index (χ0n) is 72.0. The number of rotatable bonds is 57. The molecule has 0 aliphatic rings. The highest BCUT2D eigenvalue weighted by atomic mass is 28.4. The number of hydrogen-bond acceptors (Lipinski definition) is 15. The lowest BCUT2D eigenvalue weighted by molar-refractivity contribution is -0.143. The number of unbranched alkanes of at least 4 members (excludes halogenated alkanes) is 23. The maximum absolute atomic E-state index is 12.6. The Hall–Kier alpha value is -4.16. The number of allylic oxidation sites excluding steroid dienone is 1. The Bertz CT molecular complexity index is 2750. The smallest absolute Gasteiger partial charge is 0.322 e. The number of carbonyl (C=O) groups is 5. The maximum atomic E-state index is 12.6. The molecule has 0 saturated heterocycles. The van der Waals surface area contributed by atoms with E-state index in [4.69, 9.17) is 18.4 Å². The summed E-state index contributed by atoms with van der Waals surface area (Å²) in [5, 5.41) is 39.5. The van der Waals surface area contributed by atoms with Crippen LogP contribution in [0.4, 0.5) is 0 Å². The summed E-state index contributed by atoms with van der Waals surface area (Å²) >= 11 is 0. The number of hydrogen-bond donors (Lipinski definition) is 6. The zero-order valence-corrected chi connectivity index (χ0v) is 75.0. The Morgan fingerprint density at radius 2 is 0.750 bits per heavy atom. The van der Waals surface area contributed by atoms with Crippen LogP contribution >= 0.6 is 0 Å².